The predicted molar refractivity (Wildman–Crippen MR) is 92.3 cm³/mol. The Morgan fingerprint density at radius 3 is 2.10 bits per heavy atom. The van der Waals surface area contributed by atoms with Crippen molar-refractivity contribution < 1.29 is 4.74 Å². The standard InChI is InChI=1S/C18H30ClNO/c1-17(2,3)20-13-15(11-12-21-18(4,5)6)14-7-9-16(19)10-8-14/h7-10,15,20H,11-13H2,1-6H3. The van der Waals surface area contributed by atoms with E-state index in [1.165, 1.54) is 5.56 Å². The second-order valence-corrected chi connectivity index (χ2v) is 8.07. The summed E-state index contributed by atoms with van der Waals surface area (Å²) in [6.07, 6.45) is 1.00. The van der Waals surface area contributed by atoms with Crippen molar-refractivity contribution in [3.05, 3.63) is 34.9 Å². The molecule has 0 amide bonds. The Kier molecular flexibility index (Phi) is 6.71. The molecule has 0 heterocycles. The van der Waals surface area contributed by atoms with Crippen LogP contribution in [0, 0.1) is 0 Å². The molecule has 0 saturated carbocycles. The summed E-state index contributed by atoms with van der Waals surface area (Å²) in [6.45, 7) is 14.6. The zero-order chi connectivity index (χ0) is 16.1. The lowest BCUT2D eigenvalue weighted by molar-refractivity contribution is -0.00638. The maximum absolute atomic E-state index is 5.99. The van der Waals surface area contributed by atoms with Crippen LogP contribution >= 0.6 is 11.6 Å². The number of rotatable bonds is 6. The van der Waals surface area contributed by atoms with Gasteiger partial charge in [-0.05, 0) is 71.6 Å². The summed E-state index contributed by atoms with van der Waals surface area (Å²) in [7, 11) is 0. The van der Waals surface area contributed by atoms with Crippen LogP contribution in [-0.4, -0.2) is 24.3 Å². The van der Waals surface area contributed by atoms with E-state index < -0.39 is 0 Å². The first-order valence-electron chi connectivity index (χ1n) is 7.71. The van der Waals surface area contributed by atoms with E-state index in [1.54, 1.807) is 0 Å². The molecule has 1 atom stereocenters. The molecule has 0 radical (unpaired) electrons. The highest BCUT2D eigenvalue weighted by Gasteiger charge is 2.17. The molecular weight excluding hydrogens is 282 g/mol. The van der Waals surface area contributed by atoms with Crippen molar-refractivity contribution in [1.29, 1.82) is 0 Å². The van der Waals surface area contributed by atoms with E-state index in [0.717, 1.165) is 24.6 Å². The smallest absolute Gasteiger partial charge is 0.0598 e. The zero-order valence-corrected chi connectivity index (χ0v) is 15.1. The van der Waals surface area contributed by atoms with Crippen molar-refractivity contribution in [2.45, 2.75) is 65.0 Å². The molecule has 3 heteroatoms. The fourth-order valence-electron chi connectivity index (χ4n) is 2.06. The van der Waals surface area contributed by atoms with Gasteiger partial charge in [0.25, 0.3) is 0 Å². The summed E-state index contributed by atoms with van der Waals surface area (Å²) in [5.74, 6) is 0.434. The minimum atomic E-state index is -0.0813. The van der Waals surface area contributed by atoms with Gasteiger partial charge in [0.1, 0.15) is 0 Å². The first-order chi connectivity index (χ1) is 9.57. The average molecular weight is 312 g/mol. The molecule has 21 heavy (non-hydrogen) atoms. The summed E-state index contributed by atoms with van der Waals surface area (Å²) >= 11 is 5.99. The molecule has 1 aromatic carbocycles. The topological polar surface area (TPSA) is 21.3 Å². The number of hydrogen-bond acceptors (Lipinski definition) is 2. The Balaban J connectivity index is 2.67. The van der Waals surface area contributed by atoms with E-state index in [2.05, 4.69) is 59.0 Å². The van der Waals surface area contributed by atoms with Crippen LogP contribution in [0.25, 0.3) is 0 Å². The zero-order valence-electron chi connectivity index (χ0n) is 14.3. The summed E-state index contributed by atoms with van der Waals surface area (Å²) in [5.41, 5.74) is 1.35. The first-order valence-corrected chi connectivity index (χ1v) is 8.09. The van der Waals surface area contributed by atoms with Crippen LogP contribution in [0.4, 0.5) is 0 Å². The molecule has 1 rings (SSSR count). The van der Waals surface area contributed by atoms with Gasteiger partial charge in [-0.2, -0.15) is 0 Å². The summed E-state index contributed by atoms with van der Waals surface area (Å²) < 4.78 is 5.88. The molecule has 0 saturated heterocycles. The van der Waals surface area contributed by atoms with Gasteiger partial charge < -0.3 is 10.1 Å². The van der Waals surface area contributed by atoms with Gasteiger partial charge in [0.15, 0.2) is 0 Å². The number of hydrogen-bond donors (Lipinski definition) is 1. The van der Waals surface area contributed by atoms with E-state index in [4.69, 9.17) is 16.3 Å². The van der Waals surface area contributed by atoms with Crippen LogP contribution in [0.3, 0.4) is 0 Å². The quantitative estimate of drug-likeness (QED) is 0.796. The molecule has 1 N–H and O–H groups in total. The van der Waals surface area contributed by atoms with Crippen molar-refractivity contribution >= 4 is 11.6 Å². The maximum Gasteiger partial charge on any atom is 0.0598 e. The van der Waals surface area contributed by atoms with E-state index in [-0.39, 0.29) is 11.1 Å². The largest absolute Gasteiger partial charge is 0.376 e. The van der Waals surface area contributed by atoms with Gasteiger partial charge in [-0.15, -0.1) is 0 Å². The SMILES string of the molecule is CC(C)(C)NCC(CCOC(C)(C)C)c1ccc(Cl)cc1. The van der Waals surface area contributed by atoms with Gasteiger partial charge in [-0.25, -0.2) is 0 Å². The van der Waals surface area contributed by atoms with E-state index in [9.17, 15) is 0 Å². The van der Waals surface area contributed by atoms with Crippen molar-refractivity contribution in [3.63, 3.8) is 0 Å². The van der Waals surface area contributed by atoms with Crippen LogP contribution < -0.4 is 5.32 Å². The molecule has 120 valence electrons. The van der Waals surface area contributed by atoms with E-state index >= 15 is 0 Å². The van der Waals surface area contributed by atoms with Gasteiger partial charge in [0, 0.05) is 23.7 Å². The monoisotopic (exact) mass is 311 g/mol. The van der Waals surface area contributed by atoms with E-state index in [0.29, 0.717) is 5.92 Å². The molecule has 0 spiro atoms. The van der Waals surface area contributed by atoms with Crippen LogP contribution in [0.2, 0.25) is 5.02 Å². The second kappa shape index (κ2) is 7.62. The predicted octanol–water partition coefficient (Wildman–Crippen LogP) is 5.02. The van der Waals surface area contributed by atoms with Crippen LogP contribution in [0.5, 0.6) is 0 Å². The molecule has 0 bridgehead atoms. The molecule has 0 fully saturated rings. The Bertz CT molecular complexity index is 414. The van der Waals surface area contributed by atoms with Crippen molar-refractivity contribution in [2.75, 3.05) is 13.2 Å². The molecular formula is C18H30ClNO. The van der Waals surface area contributed by atoms with Gasteiger partial charge in [-0.3, -0.25) is 0 Å². The van der Waals surface area contributed by atoms with Crippen LogP contribution in [-0.2, 0) is 4.74 Å². The van der Waals surface area contributed by atoms with Gasteiger partial charge in [0.05, 0.1) is 5.60 Å². The minimum Gasteiger partial charge on any atom is -0.376 e. The molecule has 2 nitrogen and oxygen atoms in total. The number of halogens is 1. The molecule has 0 aliphatic rings. The summed E-state index contributed by atoms with van der Waals surface area (Å²) in [6, 6.07) is 8.17. The van der Waals surface area contributed by atoms with Crippen molar-refractivity contribution in [3.8, 4) is 0 Å². The average Bonchev–Trinajstić information content (AvgIpc) is 2.32. The Hall–Kier alpha value is -0.570. The third kappa shape index (κ3) is 8.45. The lowest BCUT2D eigenvalue weighted by Crippen LogP contribution is -2.39. The minimum absolute atomic E-state index is 0.0813. The number of ether oxygens (including phenoxy) is 1. The Morgan fingerprint density at radius 2 is 1.62 bits per heavy atom. The summed E-state index contributed by atoms with van der Waals surface area (Å²) in [4.78, 5) is 0. The fourth-order valence-corrected chi connectivity index (χ4v) is 2.18. The van der Waals surface area contributed by atoms with Crippen LogP contribution in [0.1, 0.15) is 59.4 Å². The lowest BCUT2D eigenvalue weighted by Gasteiger charge is -2.27. The second-order valence-electron chi connectivity index (χ2n) is 7.63. The van der Waals surface area contributed by atoms with Gasteiger partial charge in [0.2, 0.25) is 0 Å². The molecule has 1 aromatic rings. The fraction of sp³-hybridized carbons (Fsp3) is 0.667. The van der Waals surface area contributed by atoms with Gasteiger partial charge in [-0.1, -0.05) is 23.7 Å². The van der Waals surface area contributed by atoms with Crippen molar-refractivity contribution in [2.24, 2.45) is 0 Å². The van der Waals surface area contributed by atoms with E-state index in [1.807, 2.05) is 12.1 Å². The number of benzene rings is 1. The third-order valence-corrected chi connectivity index (χ3v) is 3.47. The highest BCUT2D eigenvalue weighted by molar-refractivity contribution is 6.30. The summed E-state index contributed by atoms with van der Waals surface area (Å²) in [5, 5.41) is 4.38. The third-order valence-electron chi connectivity index (χ3n) is 3.22. The molecule has 0 aliphatic carbocycles. The number of nitrogens with one attached hydrogen (secondary N) is 1. The molecule has 1 unspecified atom stereocenters. The van der Waals surface area contributed by atoms with Crippen molar-refractivity contribution in [1.82, 2.24) is 5.32 Å². The highest BCUT2D eigenvalue weighted by Crippen LogP contribution is 2.23. The Morgan fingerprint density at radius 1 is 1.05 bits per heavy atom. The van der Waals surface area contributed by atoms with Gasteiger partial charge >= 0.3 is 0 Å². The Labute approximate surface area is 135 Å². The highest BCUT2D eigenvalue weighted by atomic mass is 35.5. The molecule has 0 aromatic heterocycles. The normalized spacial score (nSPS) is 14.2. The first kappa shape index (κ1) is 18.5. The maximum atomic E-state index is 5.99. The lowest BCUT2D eigenvalue weighted by atomic mass is 9.94. The molecule has 0 aliphatic heterocycles. The van der Waals surface area contributed by atoms with Crippen LogP contribution in [0.15, 0.2) is 24.3 Å².